The first-order chi connectivity index (χ1) is 24.9. The van der Waals surface area contributed by atoms with Crippen LogP contribution in [0.5, 0.6) is 0 Å². The van der Waals surface area contributed by atoms with Crippen molar-refractivity contribution >= 4 is 16.7 Å². The fourth-order valence-electron chi connectivity index (χ4n) is 6.71. The SMILES string of the molecule is CC(c1ccc2ccccc2c1)N(C)CC1CC(c2ccc(CO)cc2)OC(c2ccc(-c3cccc(CNC(=O)c4cccnc4)c3)cc2)O1. The number of nitrogens with zero attached hydrogens (tertiary/aromatic N) is 2. The molecule has 51 heavy (non-hydrogen) atoms. The first kappa shape index (κ1) is 34.3. The number of amides is 1. The molecule has 0 radical (unpaired) electrons. The molecule has 1 aromatic heterocycles. The molecule has 0 bridgehead atoms. The number of hydrogen-bond acceptors (Lipinski definition) is 6. The quantitative estimate of drug-likeness (QED) is 0.143. The number of pyridine rings is 1. The van der Waals surface area contributed by atoms with Gasteiger partial charge in [-0.1, -0.05) is 103 Å². The zero-order valence-electron chi connectivity index (χ0n) is 29.0. The molecule has 2 N–H and O–H groups in total. The molecule has 1 saturated heterocycles. The summed E-state index contributed by atoms with van der Waals surface area (Å²) in [4.78, 5) is 18.9. The Hall–Kier alpha value is -5.18. The van der Waals surface area contributed by atoms with Gasteiger partial charge in [0.2, 0.25) is 0 Å². The molecular formula is C44H43N3O4. The highest BCUT2D eigenvalue weighted by Gasteiger charge is 2.33. The van der Waals surface area contributed by atoms with Crippen molar-refractivity contribution in [2.24, 2.45) is 0 Å². The van der Waals surface area contributed by atoms with Crippen molar-refractivity contribution in [1.82, 2.24) is 15.2 Å². The number of aliphatic hydroxyl groups excluding tert-OH is 1. The Morgan fingerprint density at radius 1 is 0.824 bits per heavy atom. The maximum absolute atomic E-state index is 12.5. The number of carbonyl (C=O) groups is 1. The molecule has 4 unspecified atom stereocenters. The molecule has 4 atom stereocenters. The molecule has 1 amide bonds. The molecule has 2 heterocycles. The molecule has 1 fully saturated rings. The average molecular weight is 678 g/mol. The monoisotopic (exact) mass is 677 g/mol. The topological polar surface area (TPSA) is 83.9 Å². The van der Waals surface area contributed by atoms with E-state index in [1.54, 1.807) is 24.5 Å². The molecule has 5 aromatic carbocycles. The number of ether oxygens (including phenoxy) is 2. The van der Waals surface area contributed by atoms with Gasteiger partial charge in [0.1, 0.15) is 0 Å². The molecular weight excluding hydrogens is 635 g/mol. The highest BCUT2D eigenvalue weighted by Crippen LogP contribution is 2.39. The van der Waals surface area contributed by atoms with Crippen molar-refractivity contribution in [1.29, 1.82) is 0 Å². The normalized spacial score (nSPS) is 18.1. The summed E-state index contributed by atoms with van der Waals surface area (Å²) in [5.41, 5.74) is 7.83. The van der Waals surface area contributed by atoms with E-state index in [1.165, 1.54) is 16.3 Å². The fourth-order valence-corrected chi connectivity index (χ4v) is 6.71. The number of likely N-dealkylation sites (N-methyl/N-ethyl adjacent to an activating group) is 1. The van der Waals surface area contributed by atoms with Gasteiger partial charge in [0.15, 0.2) is 6.29 Å². The Morgan fingerprint density at radius 3 is 2.37 bits per heavy atom. The lowest BCUT2D eigenvalue weighted by Crippen LogP contribution is -2.38. The van der Waals surface area contributed by atoms with Crippen molar-refractivity contribution in [2.75, 3.05) is 13.6 Å². The van der Waals surface area contributed by atoms with Crippen LogP contribution in [0.25, 0.3) is 21.9 Å². The van der Waals surface area contributed by atoms with Crippen LogP contribution in [0.1, 0.15) is 70.0 Å². The van der Waals surface area contributed by atoms with Gasteiger partial charge in [0, 0.05) is 43.5 Å². The van der Waals surface area contributed by atoms with Crippen molar-refractivity contribution in [2.45, 2.75) is 51.0 Å². The maximum atomic E-state index is 12.5. The molecule has 0 aliphatic carbocycles. The van der Waals surface area contributed by atoms with Crippen LogP contribution in [-0.2, 0) is 22.6 Å². The van der Waals surface area contributed by atoms with Crippen LogP contribution < -0.4 is 5.32 Å². The van der Waals surface area contributed by atoms with E-state index in [0.717, 1.165) is 39.9 Å². The van der Waals surface area contributed by atoms with Crippen LogP contribution >= 0.6 is 0 Å². The average Bonchev–Trinajstić information content (AvgIpc) is 3.19. The Balaban J connectivity index is 1.07. The summed E-state index contributed by atoms with van der Waals surface area (Å²) in [5, 5.41) is 15.1. The van der Waals surface area contributed by atoms with Crippen molar-refractivity contribution in [3.8, 4) is 11.1 Å². The standard InChI is InChI=1S/C44H43N3O4/c1-30(37-21-18-33-8-3-4-9-39(33)24-37)47(2)28-41-25-42(35-14-12-31(29-48)13-15-35)51-44(50-41)36-19-16-34(17-20-36)38-10-5-7-32(23-38)26-46-43(49)40-11-6-22-45-27-40/h3-24,27,30,41-42,44,48H,25-26,28-29H2,1-2H3,(H,46,49). The van der Waals surface area contributed by atoms with Gasteiger partial charge in [-0.2, -0.15) is 0 Å². The van der Waals surface area contributed by atoms with Crippen LogP contribution in [0, 0.1) is 0 Å². The summed E-state index contributed by atoms with van der Waals surface area (Å²) in [6.45, 7) is 3.40. The van der Waals surface area contributed by atoms with E-state index in [1.807, 2.05) is 36.4 Å². The van der Waals surface area contributed by atoms with Gasteiger partial charge < -0.3 is 19.9 Å². The molecule has 6 aromatic rings. The largest absolute Gasteiger partial charge is 0.392 e. The van der Waals surface area contributed by atoms with E-state index in [-0.39, 0.29) is 30.8 Å². The number of rotatable bonds is 11. The highest BCUT2D eigenvalue weighted by atomic mass is 16.7. The van der Waals surface area contributed by atoms with Crippen molar-refractivity contribution < 1.29 is 19.4 Å². The van der Waals surface area contributed by atoms with Crippen LogP contribution in [0.15, 0.2) is 140 Å². The minimum atomic E-state index is -0.543. The van der Waals surface area contributed by atoms with E-state index in [9.17, 15) is 9.90 Å². The Labute approximate surface area is 299 Å². The fraction of sp³-hybridized carbons (Fsp3) is 0.227. The number of fused-ring (bicyclic) bond motifs is 1. The Morgan fingerprint density at radius 2 is 1.61 bits per heavy atom. The van der Waals surface area contributed by atoms with Gasteiger partial charge in [0.05, 0.1) is 24.4 Å². The van der Waals surface area contributed by atoms with Crippen LogP contribution in [-0.4, -0.2) is 40.6 Å². The maximum Gasteiger partial charge on any atom is 0.253 e. The van der Waals surface area contributed by atoms with E-state index in [0.29, 0.717) is 18.5 Å². The summed E-state index contributed by atoms with van der Waals surface area (Å²) in [6.07, 6.45) is 3.15. The lowest BCUT2D eigenvalue weighted by atomic mass is 9.98. The third-order valence-electron chi connectivity index (χ3n) is 9.84. The number of benzene rings is 5. The van der Waals surface area contributed by atoms with Crippen LogP contribution in [0.2, 0.25) is 0 Å². The number of aliphatic hydroxyl groups is 1. The third kappa shape index (κ3) is 8.25. The second kappa shape index (κ2) is 15.8. The zero-order chi connectivity index (χ0) is 35.2. The predicted octanol–water partition coefficient (Wildman–Crippen LogP) is 8.56. The number of carbonyl (C=O) groups excluding carboxylic acids is 1. The van der Waals surface area contributed by atoms with Gasteiger partial charge in [-0.25, -0.2) is 0 Å². The number of hydrogen-bond donors (Lipinski definition) is 2. The van der Waals surface area contributed by atoms with Gasteiger partial charge >= 0.3 is 0 Å². The van der Waals surface area contributed by atoms with E-state index in [4.69, 9.17) is 9.47 Å². The minimum absolute atomic E-state index is 0.00686. The van der Waals surface area contributed by atoms with Crippen molar-refractivity contribution in [3.05, 3.63) is 173 Å². The molecule has 7 nitrogen and oxygen atoms in total. The highest BCUT2D eigenvalue weighted by molar-refractivity contribution is 5.93. The molecule has 1 aliphatic heterocycles. The lowest BCUT2D eigenvalue weighted by molar-refractivity contribution is -0.253. The third-order valence-corrected chi connectivity index (χ3v) is 9.84. The lowest BCUT2D eigenvalue weighted by Gasteiger charge is -2.39. The van der Waals surface area contributed by atoms with Gasteiger partial charge in [0.25, 0.3) is 5.91 Å². The summed E-state index contributed by atoms with van der Waals surface area (Å²) in [7, 11) is 2.16. The van der Waals surface area contributed by atoms with Crippen molar-refractivity contribution in [3.63, 3.8) is 0 Å². The van der Waals surface area contributed by atoms with E-state index in [2.05, 4.69) is 108 Å². The smallest absolute Gasteiger partial charge is 0.253 e. The molecule has 0 spiro atoms. The second-order valence-corrected chi connectivity index (χ2v) is 13.3. The summed E-state index contributed by atoms with van der Waals surface area (Å²) >= 11 is 0. The Kier molecular flexibility index (Phi) is 10.6. The number of nitrogens with one attached hydrogen (secondary N) is 1. The van der Waals surface area contributed by atoms with Crippen LogP contribution in [0.3, 0.4) is 0 Å². The minimum Gasteiger partial charge on any atom is -0.392 e. The van der Waals surface area contributed by atoms with E-state index < -0.39 is 6.29 Å². The first-order valence-electron chi connectivity index (χ1n) is 17.5. The Bertz CT molecular complexity index is 2070. The van der Waals surface area contributed by atoms with Crippen LogP contribution in [0.4, 0.5) is 0 Å². The van der Waals surface area contributed by atoms with E-state index >= 15 is 0 Å². The first-order valence-corrected chi connectivity index (χ1v) is 17.5. The molecule has 7 rings (SSSR count). The molecule has 258 valence electrons. The summed E-state index contributed by atoms with van der Waals surface area (Å²) < 4.78 is 13.3. The predicted molar refractivity (Wildman–Crippen MR) is 201 cm³/mol. The summed E-state index contributed by atoms with van der Waals surface area (Å²) in [6, 6.07) is 43.4. The van der Waals surface area contributed by atoms with Gasteiger partial charge in [-0.05, 0) is 82.4 Å². The molecule has 0 saturated carbocycles. The molecule has 1 aliphatic rings. The number of aromatic nitrogens is 1. The molecule has 7 heteroatoms. The van der Waals surface area contributed by atoms with Gasteiger partial charge in [-0.15, -0.1) is 0 Å². The summed E-state index contributed by atoms with van der Waals surface area (Å²) in [5.74, 6) is -0.152. The zero-order valence-corrected chi connectivity index (χ0v) is 29.0. The second-order valence-electron chi connectivity index (χ2n) is 13.3. The van der Waals surface area contributed by atoms with Gasteiger partial charge in [-0.3, -0.25) is 14.7 Å².